The molecular weight excluding hydrogens is 374 g/mol. The quantitative estimate of drug-likeness (QED) is 0.742. The molecule has 2 rings (SSSR count). The van der Waals surface area contributed by atoms with E-state index < -0.39 is 15.2 Å². The predicted octanol–water partition coefficient (Wildman–Crippen LogP) is 2.21. The largest absolute Gasteiger partial charge is 0.337 e. The summed E-state index contributed by atoms with van der Waals surface area (Å²) in [5.41, 5.74) is 0. The van der Waals surface area contributed by atoms with Gasteiger partial charge in [0.15, 0.2) is 9.84 Å². The molecule has 0 aliphatic carbocycles. The van der Waals surface area contributed by atoms with Crippen molar-refractivity contribution in [3.63, 3.8) is 0 Å². The smallest absolute Gasteiger partial charge is 0.171 e. The zero-order valence-corrected chi connectivity index (χ0v) is 14.2. The molecule has 1 aliphatic rings. The second kappa shape index (κ2) is 6.15. The first kappa shape index (κ1) is 15.3. The molecule has 0 spiro atoms. The van der Waals surface area contributed by atoms with Crippen molar-refractivity contribution in [1.82, 2.24) is 9.97 Å². The lowest BCUT2D eigenvalue weighted by Gasteiger charge is -2.35. The number of nitrogens with zero attached hydrogens (tertiary/aromatic N) is 3. The Kier molecular flexibility index (Phi) is 4.97. The van der Waals surface area contributed by atoms with Gasteiger partial charge in [-0.2, -0.15) is 11.8 Å². The lowest BCUT2D eigenvalue weighted by Crippen LogP contribution is -2.48. The molecule has 1 atom stereocenters. The lowest BCUT2D eigenvalue weighted by atomic mass is 10.4. The second-order valence-electron chi connectivity index (χ2n) is 3.98. The van der Waals surface area contributed by atoms with Gasteiger partial charge in [0.2, 0.25) is 0 Å². The van der Waals surface area contributed by atoms with Crippen LogP contribution in [0.1, 0.15) is 6.92 Å². The summed E-state index contributed by atoms with van der Waals surface area (Å²) in [7, 11) is -3.17. The van der Waals surface area contributed by atoms with Crippen LogP contribution in [0.25, 0.3) is 0 Å². The SMILES string of the molecule is CCS(=O)(=O)C1CSCCN1c1ncnc(Cl)c1Br. The summed E-state index contributed by atoms with van der Waals surface area (Å²) in [5, 5.41) is -0.269. The standard InChI is InChI=1S/C10H13BrClN3O2S2/c1-2-19(16,17)7-5-18-4-3-15(7)10-8(11)9(12)13-6-14-10/h6-7H,2-5H2,1H3. The van der Waals surface area contributed by atoms with Crippen LogP contribution < -0.4 is 4.90 Å². The average molecular weight is 387 g/mol. The number of hydrogen-bond donors (Lipinski definition) is 0. The molecule has 0 saturated carbocycles. The summed E-state index contributed by atoms with van der Waals surface area (Å²) < 4.78 is 24.9. The number of thioether (sulfide) groups is 1. The minimum Gasteiger partial charge on any atom is -0.337 e. The number of sulfone groups is 1. The van der Waals surface area contributed by atoms with Crippen LogP contribution in [0.4, 0.5) is 5.82 Å². The monoisotopic (exact) mass is 385 g/mol. The minimum atomic E-state index is -3.17. The van der Waals surface area contributed by atoms with E-state index in [4.69, 9.17) is 11.6 Å². The first-order chi connectivity index (χ1) is 8.97. The van der Waals surface area contributed by atoms with E-state index in [0.717, 1.165) is 5.75 Å². The van der Waals surface area contributed by atoms with Crippen molar-refractivity contribution in [3.05, 3.63) is 16.0 Å². The van der Waals surface area contributed by atoms with Crippen LogP contribution in [0, 0.1) is 0 Å². The van der Waals surface area contributed by atoms with Crippen molar-refractivity contribution in [1.29, 1.82) is 0 Å². The van der Waals surface area contributed by atoms with Gasteiger partial charge in [-0.3, -0.25) is 0 Å². The predicted molar refractivity (Wildman–Crippen MR) is 82.7 cm³/mol. The summed E-state index contributed by atoms with van der Waals surface area (Å²) >= 11 is 10.9. The second-order valence-corrected chi connectivity index (χ2v) is 8.72. The fourth-order valence-electron chi connectivity index (χ4n) is 1.85. The first-order valence-corrected chi connectivity index (χ1v) is 9.73. The molecule has 106 valence electrons. The van der Waals surface area contributed by atoms with Gasteiger partial charge in [-0.1, -0.05) is 18.5 Å². The van der Waals surface area contributed by atoms with Crippen LogP contribution >= 0.6 is 39.3 Å². The number of anilines is 1. The van der Waals surface area contributed by atoms with Crippen LogP contribution in [0.3, 0.4) is 0 Å². The molecule has 1 fully saturated rings. The molecule has 0 aromatic carbocycles. The maximum absolute atomic E-state index is 12.2. The Morgan fingerprint density at radius 3 is 3.00 bits per heavy atom. The molecule has 0 radical (unpaired) electrons. The maximum Gasteiger partial charge on any atom is 0.171 e. The summed E-state index contributed by atoms with van der Waals surface area (Å²) in [6.07, 6.45) is 1.35. The van der Waals surface area contributed by atoms with E-state index in [2.05, 4.69) is 25.9 Å². The van der Waals surface area contributed by atoms with Crippen molar-refractivity contribution in [2.24, 2.45) is 0 Å². The van der Waals surface area contributed by atoms with Crippen LogP contribution in [-0.2, 0) is 9.84 Å². The average Bonchev–Trinajstić information content (AvgIpc) is 2.42. The molecule has 0 bridgehead atoms. The van der Waals surface area contributed by atoms with Crippen molar-refractivity contribution >= 4 is 54.9 Å². The highest BCUT2D eigenvalue weighted by Crippen LogP contribution is 2.33. The van der Waals surface area contributed by atoms with Crippen molar-refractivity contribution in [3.8, 4) is 0 Å². The van der Waals surface area contributed by atoms with Gasteiger partial charge < -0.3 is 4.90 Å². The molecule has 1 aliphatic heterocycles. The zero-order chi connectivity index (χ0) is 14.0. The van der Waals surface area contributed by atoms with E-state index in [9.17, 15) is 8.42 Å². The molecule has 1 unspecified atom stereocenters. The Labute approximate surface area is 130 Å². The summed E-state index contributed by atoms with van der Waals surface area (Å²) in [6.45, 7) is 2.29. The Hall–Kier alpha value is -0.0500. The van der Waals surface area contributed by atoms with E-state index in [1.54, 1.807) is 23.6 Å². The normalized spacial score (nSPS) is 20.6. The fraction of sp³-hybridized carbons (Fsp3) is 0.600. The van der Waals surface area contributed by atoms with Gasteiger partial charge >= 0.3 is 0 Å². The molecule has 9 heteroatoms. The summed E-state index contributed by atoms with van der Waals surface area (Å²) in [5.74, 6) is 2.07. The number of hydrogen-bond acceptors (Lipinski definition) is 6. The third-order valence-electron chi connectivity index (χ3n) is 2.90. The van der Waals surface area contributed by atoms with Crippen LogP contribution in [0.2, 0.25) is 5.15 Å². The highest BCUT2D eigenvalue weighted by Gasteiger charge is 2.34. The Balaban J connectivity index is 2.43. The van der Waals surface area contributed by atoms with Crippen molar-refractivity contribution in [2.75, 3.05) is 28.7 Å². The topological polar surface area (TPSA) is 63.2 Å². The first-order valence-electron chi connectivity index (χ1n) is 5.69. The Morgan fingerprint density at radius 1 is 1.58 bits per heavy atom. The molecule has 1 aromatic heterocycles. The van der Waals surface area contributed by atoms with Gasteiger partial charge in [-0.05, 0) is 15.9 Å². The highest BCUT2D eigenvalue weighted by molar-refractivity contribution is 9.10. The van der Waals surface area contributed by atoms with Gasteiger partial charge in [0, 0.05) is 23.8 Å². The number of rotatable bonds is 3. The highest BCUT2D eigenvalue weighted by atomic mass is 79.9. The number of aromatic nitrogens is 2. The van der Waals surface area contributed by atoms with Crippen LogP contribution in [0.15, 0.2) is 10.8 Å². The molecule has 1 aromatic rings. The minimum absolute atomic E-state index is 0.116. The Bertz CT molecular complexity index is 570. The van der Waals surface area contributed by atoms with Crippen molar-refractivity contribution in [2.45, 2.75) is 12.3 Å². The molecule has 19 heavy (non-hydrogen) atoms. The summed E-state index contributed by atoms with van der Waals surface area (Å²) in [4.78, 5) is 9.84. The zero-order valence-electron chi connectivity index (χ0n) is 10.2. The number of halogens is 2. The van der Waals surface area contributed by atoms with Gasteiger partial charge in [-0.15, -0.1) is 0 Å². The van der Waals surface area contributed by atoms with E-state index >= 15 is 0 Å². The van der Waals surface area contributed by atoms with Crippen LogP contribution in [-0.4, -0.2) is 47.6 Å². The molecule has 5 nitrogen and oxygen atoms in total. The van der Waals surface area contributed by atoms with Gasteiger partial charge in [0.1, 0.15) is 22.7 Å². The summed E-state index contributed by atoms with van der Waals surface area (Å²) in [6, 6.07) is 0. The Morgan fingerprint density at radius 2 is 2.32 bits per heavy atom. The van der Waals surface area contributed by atoms with Gasteiger partial charge in [0.05, 0.1) is 4.47 Å². The molecule has 2 heterocycles. The third-order valence-corrected chi connectivity index (χ3v) is 7.44. The lowest BCUT2D eigenvalue weighted by molar-refractivity contribution is 0.578. The fourth-order valence-corrected chi connectivity index (χ4v) is 5.38. The van der Waals surface area contributed by atoms with Crippen molar-refractivity contribution < 1.29 is 8.42 Å². The molecule has 1 saturated heterocycles. The molecule has 0 N–H and O–H groups in total. The molecule has 0 amide bonds. The maximum atomic E-state index is 12.2. The van der Waals surface area contributed by atoms with Gasteiger partial charge in [-0.25, -0.2) is 18.4 Å². The van der Waals surface area contributed by atoms with Gasteiger partial charge in [0.25, 0.3) is 0 Å². The van der Waals surface area contributed by atoms with E-state index in [1.165, 1.54) is 6.33 Å². The molecular formula is C10H13BrClN3O2S2. The van der Waals surface area contributed by atoms with E-state index in [0.29, 0.717) is 22.6 Å². The van der Waals surface area contributed by atoms with E-state index in [1.807, 2.05) is 0 Å². The van der Waals surface area contributed by atoms with Crippen LogP contribution in [0.5, 0.6) is 0 Å². The van der Waals surface area contributed by atoms with E-state index in [-0.39, 0.29) is 10.9 Å². The third kappa shape index (κ3) is 3.17.